The molecule has 25 heavy (non-hydrogen) atoms. The number of rotatable bonds is 6. The molecule has 1 atom stereocenters. The summed E-state index contributed by atoms with van der Waals surface area (Å²) in [5.41, 5.74) is 0.963. The van der Waals surface area contributed by atoms with Gasteiger partial charge in [0, 0.05) is 19.5 Å². The summed E-state index contributed by atoms with van der Waals surface area (Å²) in [5.74, 6) is -0.465. The second-order valence-electron chi connectivity index (χ2n) is 6.06. The maximum absolute atomic E-state index is 14.5. The van der Waals surface area contributed by atoms with Gasteiger partial charge in [0.2, 0.25) is 0 Å². The number of hydrogen-bond acceptors (Lipinski definition) is 5. The normalized spacial score (nSPS) is 20.5. The Hall–Kier alpha value is -2.41. The van der Waals surface area contributed by atoms with E-state index < -0.39 is 6.09 Å². The molecule has 0 aromatic heterocycles. The minimum absolute atomic E-state index is 0.0876. The van der Waals surface area contributed by atoms with E-state index in [1.54, 1.807) is 12.1 Å². The highest BCUT2D eigenvalue weighted by molar-refractivity contribution is 5.91. The standard InChI is InChI=1S/C18H21FN2O4/c1-2-14(22)4-5-15-12-21(18(23)25-15)13-3-6-17(16(19)11-13)20-7-9-24-10-8-20/h2-3,6,11,15H,1,4-5,7-10,12H2/t15-/m0/s1. The SMILES string of the molecule is C=CC(=O)CC[C@H]1CN(c2ccc(N3CCOCC3)c(F)c2)C(=O)O1. The van der Waals surface area contributed by atoms with E-state index >= 15 is 0 Å². The van der Waals surface area contributed by atoms with Crippen LogP contribution in [0.5, 0.6) is 0 Å². The molecule has 0 radical (unpaired) electrons. The first kappa shape index (κ1) is 17.4. The summed E-state index contributed by atoms with van der Waals surface area (Å²) in [6.07, 6.45) is 1.07. The number of amides is 1. The molecule has 2 fully saturated rings. The Balaban J connectivity index is 1.67. The van der Waals surface area contributed by atoms with E-state index in [0.717, 1.165) is 0 Å². The molecule has 0 saturated carbocycles. The van der Waals surface area contributed by atoms with Crippen LogP contribution in [-0.4, -0.2) is 50.8 Å². The molecule has 1 amide bonds. The zero-order valence-corrected chi connectivity index (χ0v) is 13.9. The average Bonchev–Trinajstić information content (AvgIpc) is 3.01. The Bertz CT molecular complexity index is 673. The first-order valence-corrected chi connectivity index (χ1v) is 8.34. The van der Waals surface area contributed by atoms with E-state index in [9.17, 15) is 14.0 Å². The van der Waals surface area contributed by atoms with Crippen molar-refractivity contribution in [3.05, 3.63) is 36.7 Å². The lowest BCUT2D eigenvalue weighted by Crippen LogP contribution is -2.36. The highest BCUT2D eigenvalue weighted by Gasteiger charge is 2.32. The number of ether oxygens (including phenoxy) is 2. The number of morpholine rings is 1. The molecule has 7 heteroatoms. The van der Waals surface area contributed by atoms with Crippen molar-refractivity contribution in [3.63, 3.8) is 0 Å². The van der Waals surface area contributed by atoms with Crippen molar-refractivity contribution in [2.75, 3.05) is 42.6 Å². The van der Waals surface area contributed by atoms with E-state index in [0.29, 0.717) is 50.6 Å². The number of carbonyl (C=O) groups is 2. The fourth-order valence-corrected chi connectivity index (χ4v) is 3.01. The van der Waals surface area contributed by atoms with Crippen molar-refractivity contribution < 1.29 is 23.5 Å². The highest BCUT2D eigenvalue weighted by Crippen LogP contribution is 2.29. The molecule has 0 bridgehead atoms. The van der Waals surface area contributed by atoms with Crippen molar-refractivity contribution in [1.82, 2.24) is 0 Å². The molecule has 0 N–H and O–H groups in total. The van der Waals surface area contributed by atoms with Crippen LogP contribution in [0.15, 0.2) is 30.9 Å². The van der Waals surface area contributed by atoms with Crippen LogP contribution in [0.25, 0.3) is 0 Å². The predicted molar refractivity (Wildman–Crippen MR) is 91.5 cm³/mol. The number of halogens is 1. The van der Waals surface area contributed by atoms with Gasteiger partial charge < -0.3 is 14.4 Å². The molecule has 2 saturated heterocycles. The van der Waals surface area contributed by atoms with Crippen molar-refractivity contribution in [1.29, 1.82) is 0 Å². The van der Waals surface area contributed by atoms with Gasteiger partial charge in [0.25, 0.3) is 0 Å². The number of nitrogens with zero attached hydrogens (tertiary/aromatic N) is 2. The Kier molecular flexibility index (Phi) is 5.33. The Morgan fingerprint density at radius 2 is 2.12 bits per heavy atom. The van der Waals surface area contributed by atoms with Gasteiger partial charge in [-0.1, -0.05) is 6.58 Å². The summed E-state index contributed by atoms with van der Waals surface area (Å²) in [6, 6.07) is 4.74. The number of cyclic esters (lactones) is 1. The zero-order valence-electron chi connectivity index (χ0n) is 13.9. The van der Waals surface area contributed by atoms with Crippen LogP contribution in [0.1, 0.15) is 12.8 Å². The number of hydrogen-bond donors (Lipinski definition) is 0. The van der Waals surface area contributed by atoms with Crippen LogP contribution in [0.4, 0.5) is 20.6 Å². The minimum Gasteiger partial charge on any atom is -0.444 e. The topological polar surface area (TPSA) is 59.1 Å². The molecule has 3 rings (SSSR count). The summed E-state index contributed by atoms with van der Waals surface area (Å²) >= 11 is 0. The van der Waals surface area contributed by atoms with Crippen molar-refractivity contribution in [2.45, 2.75) is 18.9 Å². The van der Waals surface area contributed by atoms with E-state index in [1.807, 2.05) is 4.90 Å². The van der Waals surface area contributed by atoms with Crippen LogP contribution < -0.4 is 9.80 Å². The Labute approximate surface area is 145 Å². The molecular weight excluding hydrogens is 327 g/mol. The van der Waals surface area contributed by atoms with Gasteiger partial charge in [-0.2, -0.15) is 0 Å². The third-order valence-corrected chi connectivity index (χ3v) is 4.41. The minimum atomic E-state index is -0.519. The molecule has 2 aliphatic rings. The fraction of sp³-hybridized carbons (Fsp3) is 0.444. The molecule has 2 aliphatic heterocycles. The number of anilines is 2. The largest absolute Gasteiger partial charge is 0.444 e. The number of carbonyl (C=O) groups excluding carboxylic acids is 2. The average molecular weight is 348 g/mol. The summed E-state index contributed by atoms with van der Waals surface area (Å²) in [5, 5.41) is 0. The van der Waals surface area contributed by atoms with E-state index in [2.05, 4.69) is 6.58 Å². The third kappa shape index (κ3) is 3.99. The number of ketones is 1. The summed E-state index contributed by atoms with van der Waals surface area (Å²) in [4.78, 5) is 26.7. The monoisotopic (exact) mass is 348 g/mol. The third-order valence-electron chi connectivity index (χ3n) is 4.41. The Morgan fingerprint density at radius 3 is 2.80 bits per heavy atom. The molecule has 1 aromatic rings. The second kappa shape index (κ2) is 7.65. The molecule has 0 unspecified atom stereocenters. The number of benzene rings is 1. The molecule has 6 nitrogen and oxygen atoms in total. The maximum Gasteiger partial charge on any atom is 0.414 e. The van der Waals surface area contributed by atoms with Gasteiger partial charge in [0.05, 0.1) is 31.1 Å². The quantitative estimate of drug-likeness (QED) is 0.740. The smallest absolute Gasteiger partial charge is 0.414 e. The zero-order chi connectivity index (χ0) is 17.8. The van der Waals surface area contributed by atoms with Crippen LogP contribution >= 0.6 is 0 Å². The van der Waals surface area contributed by atoms with Gasteiger partial charge in [0.15, 0.2) is 5.78 Å². The van der Waals surface area contributed by atoms with Gasteiger partial charge in [-0.25, -0.2) is 9.18 Å². The lowest BCUT2D eigenvalue weighted by atomic mass is 10.1. The van der Waals surface area contributed by atoms with Crippen molar-refractivity contribution >= 4 is 23.3 Å². The summed E-state index contributed by atoms with van der Waals surface area (Å²) in [6.45, 7) is 6.15. The van der Waals surface area contributed by atoms with Crippen molar-refractivity contribution in [2.24, 2.45) is 0 Å². The van der Waals surface area contributed by atoms with Crippen LogP contribution in [0.3, 0.4) is 0 Å². The molecular formula is C18H21FN2O4. The van der Waals surface area contributed by atoms with Crippen molar-refractivity contribution in [3.8, 4) is 0 Å². The van der Waals surface area contributed by atoms with Gasteiger partial charge in [-0.3, -0.25) is 9.69 Å². The summed E-state index contributed by atoms with van der Waals surface area (Å²) in [7, 11) is 0. The van der Waals surface area contributed by atoms with E-state index in [1.165, 1.54) is 17.0 Å². The lowest BCUT2D eigenvalue weighted by Gasteiger charge is -2.29. The highest BCUT2D eigenvalue weighted by atomic mass is 19.1. The molecule has 2 heterocycles. The van der Waals surface area contributed by atoms with E-state index in [-0.39, 0.29) is 24.1 Å². The molecule has 0 aliphatic carbocycles. The summed E-state index contributed by atoms with van der Waals surface area (Å²) < 4.78 is 25.0. The van der Waals surface area contributed by atoms with Crippen LogP contribution in [0.2, 0.25) is 0 Å². The fourth-order valence-electron chi connectivity index (χ4n) is 3.01. The molecule has 0 spiro atoms. The van der Waals surface area contributed by atoms with Gasteiger partial charge in [-0.15, -0.1) is 0 Å². The predicted octanol–water partition coefficient (Wildman–Crippen LogP) is 2.52. The Morgan fingerprint density at radius 1 is 1.36 bits per heavy atom. The van der Waals surface area contributed by atoms with Gasteiger partial charge >= 0.3 is 6.09 Å². The first-order chi connectivity index (χ1) is 12.1. The number of allylic oxidation sites excluding steroid dienone is 1. The molecule has 1 aromatic carbocycles. The van der Waals surface area contributed by atoms with Crippen LogP contribution in [-0.2, 0) is 14.3 Å². The second-order valence-corrected chi connectivity index (χ2v) is 6.06. The first-order valence-electron chi connectivity index (χ1n) is 8.34. The lowest BCUT2D eigenvalue weighted by molar-refractivity contribution is -0.115. The van der Waals surface area contributed by atoms with Crippen LogP contribution in [0, 0.1) is 5.82 Å². The molecule has 134 valence electrons. The van der Waals surface area contributed by atoms with E-state index in [4.69, 9.17) is 9.47 Å². The van der Waals surface area contributed by atoms with Gasteiger partial charge in [0.1, 0.15) is 11.9 Å². The maximum atomic E-state index is 14.5. The van der Waals surface area contributed by atoms with Gasteiger partial charge in [-0.05, 0) is 30.7 Å².